The number of nitrogens with two attached hydrogens (primary N) is 1. The Bertz CT molecular complexity index is 287. The van der Waals surface area contributed by atoms with Gasteiger partial charge in [0.15, 0.2) is 0 Å². The van der Waals surface area contributed by atoms with Gasteiger partial charge < -0.3 is 9.84 Å². The fourth-order valence-electron chi connectivity index (χ4n) is 2.92. The molecule has 4 nitrogen and oxygen atoms in total. The van der Waals surface area contributed by atoms with E-state index >= 15 is 0 Å². The molecule has 1 atom stereocenters. The second kappa shape index (κ2) is 15.9. The van der Waals surface area contributed by atoms with E-state index in [2.05, 4.69) is 11.7 Å². The van der Waals surface area contributed by atoms with Crippen molar-refractivity contribution >= 4 is 5.97 Å². The van der Waals surface area contributed by atoms with Crippen LogP contribution in [0.3, 0.4) is 0 Å². The van der Waals surface area contributed by atoms with Gasteiger partial charge in [-0.05, 0) is 6.42 Å². The van der Waals surface area contributed by atoms with E-state index in [4.69, 9.17) is 10.8 Å². The molecule has 3 N–H and O–H groups in total. The van der Waals surface area contributed by atoms with Crippen molar-refractivity contribution in [3.05, 3.63) is 0 Å². The van der Waals surface area contributed by atoms with Crippen LogP contribution in [-0.4, -0.2) is 17.0 Å². The first-order chi connectivity index (χ1) is 11.5. The topological polar surface area (TPSA) is 72.5 Å². The summed E-state index contributed by atoms with van der Waals surface area (Å²) < 4.78 is 4.65. The zero-order chi connectivity index (χ0) is 18.1. The lowest BCUT2D eigenvalue weighted by molar-refractivity contribution is -0.199. The molecular weight excluding hydrogens is 302 g/mol. The molecule has 0 aromatic rings. The van der Waals surface area contributed by atoms with Crippen LogP contribution in [0.15, 0.2) is 0 Å². The highest BCUT2D eigenvalue weighted by molar-refractivity contribution is 5.69. The summed E-state index contributed by atoms with van der Waals surface area (Å²) in [4.78, 5) is 11.3. The molecule has 0 rings (SSSR count). The van der Waals surface area contributed by atoms with E-state index in [-0.39, 0.29) is 0 Å². The highest BCUT2D eigenvalue weighted by Crippen LogP contribution is 2.14. The second-order valence-corrected chi connectivity index (χ2v) is 7.23. The molecule has 0 aromatic carbocycles. The van der Waals surface area contributed by atoms with Gasteiger partial charge in [-0.2, -0.15) is 0 Å². The van der Waals surface area contributed by atoms with Crippen LogP contribution in [-0.2, 0) is 9.53 Å². The van der Waals surface area contributed by atoms with Gasteiger partial charge >= 0.3 is 5.97 Å². The van der Waals surface area contributed by atoms with Crippen molar-refractivity contribution in [3.8, 4) is 0 Å². The van der Waals surface area contributed by atoms with Crippen LogP contribution >= 0.6 is 0 Å². The zero-order valence-corrected chi connectivity index (χ0v) is 16.2. The van der Waals surface area contributed by atoms with Crippen LogP contribution in [0.5, 0.6) is 0 Å². The number of aliphatic hydroxyl groups is 1. The van der Waals surface area contributed by atoms with Crippen LogP contribution in [0, 0.1) is 0 Å². The molecule has 0 heterocycles. The summed E-state index contributed by atoms with van der Waals surface area (Å²) >= 11 is 0. The van der Waals surface area contributed by atoms with E-state index in [0.717, 1.165) is 12.8 Å². The molecule has 0 aromatic heterocycles. The number of unbranched alkanes of at least 4 members (excludes halogenated alkanes) is 14. The maximum atomic E-state index is 11.3. The van der Waals surface area contributed by atoms with Crippen molar-refractivity contribution in [2.24, 2.45) is 5.73 Å². The predicted molar refractivity (Wildman–Crippen MR) is 100 cm³/mol. The Labute approximate surface area is 149 Å². The third-order valence-corrected chi connectivity index (χ3v) is 4.30. The number of hydrogen-bond donors (Lipinski definition) is 2. The molecule has 0 aliphatic carbocycles. The maximum Gasteiger partial charge on any atom is 0.309 e. The van der Waals surface area contributed by atoms with Gasteiger partial charge in [-0.3, -0.25) is 10.5 Å². The standard InChI is InChI=1S/C20H41NO3/c1-3-4-5-6-7-8-9-10-11-12-13-14-15-16-17-18-19(22)24-20(2,21)23/h23H,3-18,21H2,1-2H3. The van der Waals surface area contributed by atoms with Crippen molar-refractivity contribution < 1.29 is 14.6 Å². The number of carbonyl (C=O) groups excluding carboxylic acids is 1. The lowest BCUT2D eigenvalue weighted by atomic mass is 10.0. The Hall–Kier alpha value is -0.610. The lowest BCUT2D eigenvalue weighted by Gasteiger charge is -2.17. The average molecular weight is 344 g/mol. The fraction of sp³-hybridized carbons (Fsp3) is 0.950. The summed E-state index contributed by atoms with van der Waals surface area (Å²) in [6, 6.07) is 0. The van der Waals surface area contributed by atoms with Gasteiger partial charge in [-0.15, -0.1) is 0 Å². The van der Waals surface area contributed by atoms with Gasteiger partial charge in [0, 0.05) is 13.3 Å². The largest absolute Gasteiger partial charge is 0.420 e. The van der Waals surface area contributed by atoms with Crippen LogP contribution in [0.2, 0.25) is 0 Å². The SMILES string of the molecule is CCCCCCCCCCCCCCCCCC(=O)OC(C)(N)O. The minimum absolute atomic E-state index is 0.339. The Balaban J connectivity index is 3.14. The molecule has 0 saturated heterocycles. The van der Waals surface area contributed by atoms with Crippen molar-refractivity contribution in [1.82, 2.24) is 0 Å². The Morgan fingerprint density at radius 1 is 0.792 bits per heavy atom. The van der Waals surface area contributed by atoms with Crippen molar-refractivity contribution in [2.75, 3.05) is 0 Å². The van der Waals surface area contributed by atoms with Gasteiger partial charge in [0.1, 0.15) is 0 Å². The number of carbonyl (C=O) groups is 1. The first kappa shape index (κ1) is 23.4. The highest BCUT2D eigenvalue weighted by atomic mass is 16.7. The molecule has 0 radical (unpaired) electrons. The van der Waals surface area contributed by atoms with E-state index in [1.165, 1.54) is 90.4 Å². The van der Waals surface area contributed by atoms with Gasteiger partial charge in [0.2, 0.25) is 0 Å². The lowest BCUT2D eigenvalue weighted by Crippen LogP contribution is -2.40. The Morgan fingerprint density at radius 3 is 1.46 bits per heavy atom. The van der Waals surface area contributed by atoms with E-state index < -0.39 is 11.9 Å². The molecule has 0 amide bonds. The van der Waals surface area contributed by atoms with E-state index in [1.54, 1.807) is 0 Å². The monoisotopic (exact) mass is 343 g/mol. The highest BCUT2D eigenvalue weighted by Gasteiger charge is 2.18. The summed E-state index contributed by atoms with van der Waals surface area (Å²) in [5.74, 6) is -2.26. The van der Waals surface area contributed by atoms with Gasteiger partial charge in [0.05, 0.1) is 0 Å². The molecule has 0 spiro atoms. The van der Waals surface area contributed by atoms with Crippen molar-refractivity contribution in [2.45, 2.75) is 122 Å². The summed E-state index contributed by atoms with van der Waals surface area (Å²) in [7, 11) is 0. The van der Waals surface area contributed by atoms with Gasteiger partial charge in [-0.25, -0.2) is 0 Å². The zero-order valence-electron chi connectivity index (χ0n) is 16.2. The molecule has 4 heteroatoms. The van der Waals surface area contributed by atoms with Crippen LogP contribution in [0.25, 0.3) is 0 Å². The normalized spacial score (nSPS) is 13.7. The number of hydrogen-bond acceptors (Lipinski definition) is 4. The predicted octanol–water partition coefficient (Wildman–Crippen LogP) is 5.42. The molecular formula is C20H41NO3. The number of rotatable bonds is 17. The van der Waals surface area contributed by atoms with E-state index in [1.807, 2.05) is 0 Å². The van der Waals surface area contributed by atoms with E-state index in [9.17, 15) is 4.79 Å². The van der Waals surface area contributed by atoms with Crippen LogP contribution < -0.4 is 5.73 Å². The second-order valence-electron chi connectivity index (χ2n) is 7.23. The summed E-state index contributed by atoms with van der Waals surface area (Å²) in [5, 5.41) is 9.15. The average Bonchev–Trinajstić information content (AvgIpc) is 2.49. The van der Waals surface area contributed by atoms with Crippen molar-refractivity contribution in [3.63, 3.8) is 0 Å². The third kappa shape index (κ3) is 19.4. The Kier molecular flexibility index (Phi) is 15.5. The fourth-order valence-corrected chi connectivity index (χ4v) is 2.92. The number of ether oxygens (including phenoxy) is 1. The summed E-state index contributed by atoms with van der Waals surface area (Å²) in [6.07, 6.45) is 19.8. The van der Waals surface area contributed by atoms with Crippen LogP contribution in [0.4, 0.5) is 0 Å². The molecule has 0 bridgehead atoms. The quantitative estimate of drug-likeness (QED) is 0.210. The maximum absolute atomic E-state index is 11.3. The van der Waals surface area contributed by atoms with E-state index in [0.29, 0.717) is 6.42 Å². The van der Waals surface area contributed by atoms with Crippen LogP contribution in [0.1, 0.15) is 117 Å². The minimum Gasteiger partial charge on any atom is -0.420 e. The first-order valence-corrected chi connectivity index (χ1v) is 10.2. The summed E-state index contributed by atoms with van der Waals surface area (Å²) in [5.41, 5.74) is 5.20. The molecule has 0 fully saturated rings. The smallest absolute Gasteiger partial charge is 0.309 e. The minimum atomic E-state index is -1.84. The molecule has 1 unspecified atom stereocenters. The van der Waals surface area contributed by atoms with Gasteiger partial charge in [0.25, 0.3) is 5.91 Å². The third-order valence-electron chi connectivity index (χ3n) is 4.30. The van der Waals surface area contributed by atoms with Crippen molar-refractivity contribution in [1.29, 1.82) is 0 Å². The molecule has 0 aliphatic heterocycles. The number of esters is 1. The first-order valence-electron chi connectivity index (χ1n) is 10.2. The molecule has 0 aliphatic rings. The van der Waals surface area contributed by atoms with Gasteiger partial charge in [-0.1, -0.05) is 96.8 Å². The molecule has 144 valence electrons. The molecule has 24 heavy (non-hydrogen) atoms. The molecule has 0 saturated carbocycles. The summed E-state index contributed by atoms with van der Waals surface area (Å²) in [6.45, 7) is 3.53. The Morgan fingerprint density at radius 2 is 1.12 bits per heavy atom.